The van der Waals surface area contributed by atoms with Crippen LogP contribution in [0.15, 0.2) is 24.4 Å². The molecule has 0 radical (unpaired) electrons. The number of aromatic nitrogens is 1. The summed E-state index contributed by atoms with van der Waals surface area (Å²) in [5.41, 5.74) is 0.841. The number of benzene rings is 1. The van der Waals surface area contributed by atoms with E-state index in [1.807, 2.05) is 12.1 Å². The van der Waals surface area contributed by atoms with Gasteiger partial charge in [-0.2, -0.15) is 0 Å². The van der Waals surface area contributed by atoms with Crippen molar-refractivity contribution in [2.75, 3.05) is 38.2 Å². The van der Waals surface area contributed by atoms with Crippen molar-refractivity contribution in [3.8, 4) is 0 Å². The molecule has 0 bridgehead atoms. The molecule has 2 N–H and O–H groups in total. The zero-order valence-corrected chi connectivity index (χ0v) is 20.3. The van der Waals surface area contributed by atoms with Gasteiger partial charge in [0, 0.05) is 29.1 Å². The number of nitrogens with zero attached hydrogens (tertiary/aromatic N) is 2. The summed E-state index contributed by atoms with van der Waals surface area (Å²) in [5.74, 6) is 1.26. The highest BCUT2D eigenvalue weighted by Crippen LogP contribution is 2.48. The van der Waals surface area contributed by atoms with Crippen LogP contribution in [-0.2, 0) is 14.3 Å². The average molecular weight is 486 g/mol. The molecule has 8 heteroatoms. The van der Waals surface area contributed by atoms with E-state index in [4.69, 9.17) is 21.1 Å². The number of likely N-dealkylation sites (tertiary alicyclic amines) is 1. The lowest BCUT2D eigenvalue weighted by Crippen LogP contribution is -2.56. The molecule has 1 aromatic heterocycles. The van der Waals surface area contributed by atoms with Gasteiger partial charge < -0.3 is 19.9 Å². The minimum Gasteiger partial charge on any atom is -0.389 e. The summed E-state index contributed by atoms with van der Waals surface area (Å²) in [6, 6.07) is 6.09. The van der Waals surface area contributed by atoms with Crippen molar-refractivity contribution in [3.63, 3.8) is 0 Å². The van der Waals surface area contributed by atoms with Gasteiger partial charge in [-0.15, -0.1) is 0 Å². The van der Waals surface area contributed by atoms with Crippen molar-refractivity contribution in [3.05, 3.63) is 35.0 Å². The Labute approximate surface area is 204 Å². The van der Waals surface area contributed by atoms with Crippen LogP contribution in [0.4, 0.5) is 5.82 Å². The van der Waals surface area contributed by atoms with Crippen molar-refractivity contribution in [2.24, 2.45) is 11.8 Å². The van der Waals surface area contributed by atoms with E-state index in [2.05, 4.69) is 28.2 Å². The molecular formula is C26H32ClN3O4. The molecule has 1 aromatic carbocycles. The minimum atomic E-state index is -0.444. The summed E-state index contributed by atoms with van der Waals surface area (Å²) < 4.78 is 11.3. The van der Waals surface area contributed by atoms with Gasteiger partial charge in [-0.25, -0.2) is 4.98 Å². The van der Waals surface area contributed by atoms with E-state index in [1.54, 1.807) is 6.20 Å². The van der Waals surface area contributed by atoms with Gasteiger partial charge in [-0.05, 0) is 80.8 Å². The van der Waals surface area contributed by atoms with E-state index in [0.717, 1.165) is 66.7 Å². The highest BCUT2D eigenvalue weighted by atomic mass is 35.5. The van der Waals surface area contributed by atoms with Crippen LogP contribution in [0.1, 0.15) is 44.1 Å². The third-order valence-corrected chi connectivity index (χ3v) is 8.85. The van der Waals surface area contributed by atoms with Crippen molar-refractivity contribution < 1.29 is 19.4 Å². The smallest absolute Gasteiger partial charge is 0.231 e. The Morgan fingerprint density at radius 1 is 1.24 bits per heavy atom. The third kappa shape index (κ3) is 3.91. The molecule has 34 heavy (non-hydrogen) atoms. The first-order valence-electron chi connectivity index (χ1n) is 12.5. The molecule has 4 fully saturated rings. The molecule has 4 heterocycles. The number of carbonyl (C=O) groups is 1. The maximum atomic E-state index is 12.8. The predicted molar refractivity (Wildman–Crippen MR) is 130 cm³/mol. The molecule has 1 saturated carbocycles. The van der Waals surface area contributed by atoms with Crippen molar-refractivity contribution in [1.82, 2.24) is 9.88 Å². The fraction of sp³-hybridized carbons (Fsp3) is 0.615. The SMILES string of the molecule is CC1(N2CCC(c3cc4cc(NC(=O)C5C6CCCOC65)ncc4cc3Cl)CC2)COCC1O. The van der Waals surface area contributed by atoms with Gasteiger partial charge >= 0.3 is 0 Å². The zero-order chi connectivity index (χ0) is 23.4. The van der Waals surface area contributed by atoms with Crippen LogP contribution in [0.25, 0.3) is 10.8 Å². The van der Waals surface area contributed by atoms with Crippen LogP contribution in [0.5, 0.6) is 0 Å². The molecule has 0 spiro atoms. The van der Waals surface area contributed by atoms with E-state index >= 15 is 0 Å². The maximum absolute atomic E-state index is 12.8. The van der Waals surface area contributed by atoms with Crippen LogP contribution in [-0.4, -0.2) is 71.6 Å². The fourth-order valence-corrected chi connectivity index (χ4v) is 6.55. The first-order chi connectivity index (χ1) is 16.4. The molecule has 4 aliphatic rings. The fourth-order valence-electron chi connectivity index (χ4n) is 6.23. The molecular weight excluding hydrogens is 454 g/mol. The van der Waals surface area contributed by atoms with E-state index in [1.165, 1.54) is 0 Å². The topological polar surface area (TPSA) is 83.9 Å². The number of aliphatic hydroxyl groups is 1. The summed E-state index contributed by atoms with van der Waals surface area (Å²) >= 11 is 6.71. The summed E-state index contributed by atoms with van der Waals surface area (Å²) in [4.78, 5) is 19.6. The Hall–Kier alpha value is -1.77. The van der Waals surface area contributed by atoms with E-state index in [9.17, 15) is 9.90 Å². The second-order valence-corrected chi connectivity index (χ2v) is 11.0. The summed E-state index contributed by atoms with van der Waals surface area (Å²) in [7, 11) is 0. The Balaban J connectivity index is 1.16. The van der Waals surface area contributed by atoms with Crippen LogP contribution in [0, 0.1) is 11.8 Å². The van der Waals surface area contributed by atoms with E-state index in [0.29, 0.717) is 30.9 Å². The van der Waals surface area contributed by atoms with E-state index < -0.39 is 6.10 Å². The highest BCUT2D eigenvalue weighted by Gasteiger charge is 2.56. The van der Waals surface area contributed by atoms with Gasteiger partial charge in [0.2, 0.25) is 5.91 Å². The Morgan fingerprint density at radius 2 is 2.06 bits per heavy atom. The number of halogens is 1. The molecule has 3 aliphatic heterocycles. The largest absolute Gasteiger partial charge is 0.389 e. The molecule has 5 atom stereocenters. The normalized spacial score (nSPS) is 34.2. The lowest BCUT2D eigenvalue weighted by Gasteiger charge is -2.43. The average Bonchev–Trinajstić information content (AvgIpc) is 3.48. The first kappa shape index (κ1) is 22.7. The number of anilines is 1. The van der Waals surface area contributed by atoms with Gasteiger partial charge in [0.25, 0.3) is 0 Å². The van der Waals surface area contributed by atoms with Gasteiger partial charge in [0.15, 0.2) is 0 Å². The zero-order valence-electron chi connectivity index (χ0n) is 19.5. The van der Waals surface area contributed by atoms with Crippen molar-refractivity contribution >= 4 is 34.1 Å². The van der Waals surface area contributed by atoms with Crippen LogP contribution >= 0.6 is 11.6 Å². The second kappa shape index (κ2) is 8.71. The lowest BCUT2D eigenvalue weighted by atomic mass is 9.85. The number of aliphatic hydroxyl groups excluding tert-OH is 1. The van der Waals surface area contributed by atoms with Crippen LogP contribution < -0.4 is 5.32 Å². The van der Waals surface area contributed by atoms with E-state index in [-0.39, 0.29) is 23.5 Å². The predicted octanol–water partition coefficient (Wildman–Crippen LogP) is 3.58. The molecule has 5 unspecified atom stereocenters. The number of nitrogens with one attached hydrogen (secondary N) is 1. The Kier molecular flexibility index (Phi) is 5.81. The van der Waals surface area contributed by atoms with Crippen LogP contribution in [0.2, 0.25) is 5.02 Å². The number of ether oxygens (including phenoxy) is 2. The number of piperidine rings is 1. The number of amides is 1. The van der Waals surface area contributed by atoms with Gasteiger partial charge in [-0.1, -0.05) is 11.6 Å². The summed E-state index contributed by atoms with van der Waals surface area (Å²) in [6.07, 6.45) is 5.49. The molecule has 3 saturated heterocycles. The summed E-state index contributed by atoms with van der Waals surface area (Å²) in [6.45, 7) is 5.65. The maximum Gasteiger partial charge on any atom is 0.231 e. The van der Waals surface area contributed by atoms with Gasteiger partial charge in [0.1, 0.15) is 5.82 Å². The third-order valence-electron chi connectivity index (χ3n) is 8.52. The molecule has 2 aromatic rings. The lowest BCUT2D eigenvalue weighted by molar-refractivity contribution is -0.118. The molecule has 182 valence electrons. The van der Waals surface area contributed by atoms with Gasteiger partial charge in [0.05, 0.1) is 36.9 Å². The standard InChI is InChI=1S/C26H32ClN3O4/c1-26(14-33-13-21(26)31)30-6-4-15(5-7-30)19-9-16-11-22(28-12-17(16)10-20(19)27)29-25(32)23-18-3-2-8-34-24(18)23/h9-12,15,18,21,23-24,31H,2-8,13-14H2,1H3,(H,28,29,32). The Morgan fingerprint density at radius 3 is 2.76 bits per heavy atom. The monoisotopic (exact) mass is 485 g/mol. The highest BCUT2D eigenvalue weighted by molar-refractivity contribution is 6.32. The number of pyridine rings is 1. The van der Waals surface area contributed by atoms with Crippen LogP contribution in [0.3, 0.4) is 0 Å². The molecule has 7 nitrogen and oxygen atoms in total. The second-order valence-electron chi connectivity index (χ2n) is 10.6. The van der Waals surface area contributed by atoms with Gasteiger partial charge in [-0.3, -0.25) is 9.69 Å². The summed E-state index contributed by atoms with van der Waals surface area (Å²) in [5, 5.41) is 16.2. The molecule has 1 amide bonds. The number of rotatable bonds is 4. The minimum absolute atomic E-state index is 0.0110. The Bertz CT molecular complexity index is 1090. The number of carbonyl (C=O) groups excluding carboxylic acids is 1. The number of hydrogen-bond acceptors (Lipinski definition) is 6. The molecule has 1 aliphatic carbocycles. The number of hydrogen-bond donors (Lipinski definition) is 2. The first-order valence-corrected chi connectivity index (χ1v) is 12.8. The number of fused-ring (bicyclic) bond motifs is 2. The van der Waals surface area contributed by atoms with Crippen molar-refractivity contribution in [1.29, 1.82) is 0 Å². The van der Waals surface area contributed by atoms with Crippen molar-refractivity contribution in [2.45, 2.75) is 56.3 Å². The quantitative estimate of drug-likeness (QED) is 0.688. The molecule has 6 rings (SSSR count).